The topological polar surface area (TPSA) is 59.2 Å². The molecule has 2 aromatic rings. The van der Waals surface area contributed by atoms with Crippen LogP contribution in [0.5, 0.6) is 0 Å². The van der Waals surface area contributed by atoms with Gasteiger partial charge in [-0.1, -0.05) is 0 Å². The van der Waals surface area contributed by atoms with Crippen molar-refractivity contribution in [2.24, 2.45) is 5.73 Å². The van der Waals surface area contributed by atoms with E-state index in [4.69, 9.17) is 5.73 Å². The maximum absolute atomic E-state index is 12.8. The molecule has 1 aromatic heterocycles. The van der Waals surface area contributed by atoms with Crippen LogP contribution in [0.2, 0.25) is 0 Å². The summed E-state index contributed by atoms with van der Waals surface area (Å²) < 4.78 is 12.8. The average molecular weight is 279 g/mol. The molecule has 0 bridgehead atoms. The number of hydrogen-bond acceptors (Lipinski definition) is 4. The van der Waals surface area contributed by atoms with Crippen LogP contribution in [0.1, 0.15) is 15.5 Å². The molecule has 1 aromatic carbocycles. The van der Waals surface area contributed by atoms with Crippen molar-refractivity contribution >= 4 is 22.9 Å². The Morgan fingerprint density at radius 3 is 2.74 bits per heavy atom. The Kier molecular flexibility index (Phi) is 4.24. The van der Waals surface area contributed by atoms with E-state index in [2.05, 4.69) is 4.98 Å². The highest BCUT2D eigenvalue weighted by Crippen LogP contribution is 2.17. The summed E-state index contributed by atoms with van der Waals surface area (Å²) in [7, 11) is 1.64. The molecular formula is C13H14FN3OS. The number of anilines is 1. The summed E-state index contributed by atoms with van der Waals surface area (Å²) in [6, 6.07) is 5.75. The zero-order valence-electron chi connectivity index (χ0n) is 10.5. The third-order valence-electron chi connectivity index (χ3n) is 2.65. The molecule has 0 aliphatic heterocycles. The molecule has 1 amide bonds. The van der Waals surface area contributed by atoms with E-state index in [1.54, 1.807) is 24.6 Å². The van der Waals surface area contributed by atoms with Gasteiger partial charge in [0.15, 0.2) is 0 Å². The van der Waals surface area contributed by atoms with E-state index in [1.807, 2.05) is 0 Å². The lowest BCUT2D eigenvalue weighted by atomic mass is 10.2. The van der Waals surface area contributed by atoms with Crippen LogP contribution >= 0.6 is 11.3 Å². The lowest BCUT2D eigenvalue weighted by Gasteiger charge is -2.15. The van der Waals surface area contributed by atoms with Crippen LogP contribution in [-0.2, 0) is 6.42 Å². The monoisotopic (exact) mass is 279 g/mol. The molecule has 0 radical (unpaired) electrons. The van der Waals surface area contributed by atoms with Crippen LogP contribution in [0, 0.1) is 5.82 Å². The molecule has 0 fully saturated rings. The highest BCUT2D eigenvalue weighted by atomic mass is 32.1. The second kappa shape index (κ2) is 5.90. The molecule has 0 saturated carbocycles. The van der Waals surface area contributed by atoms with Crippen molar-refractivity contribution in [2.75, 3.05) is 18.5 Å². The number of halogens is 1. The summed E-state index contributed by atoms with van der Waals surface area (Å²) >= 11 is 1.42. The molecule has 0 aliphatic rings. The summed E-state index contributed by atoms with van der Waals surface area (Å²) in [6.07, 6.45) is 0.665. The van der Waals surface area contributed by atoms with E-state index < -0.39 is 0 Å². The number of benzene rings is 1. The lowest BCUT2D eigenvalue weighted by Crippen LogP contribution is -2.26. The van der Waals surface area contributed by atoms with E-state index in [9.17, 15) is 9.18 Å². The molecule has 2 N–H and O–H groups in total. The minimum Gasteiger partial charge on any atom is -0.330 e. The van der Waals surface area contributed by atoms with Crippen molar-refractivity contribution in [1.29, 1.82) is 0 Å². The molecule has 19 heavy (non-hydrogen) atoms. The van der Waals surface area contributed by atoms with Crippen LogP contribution in [0.15, 0.2) is 29.6 Å². The third-order valence-corrected chi connectivity index (χ3v) is 3.56. The fraction of sp³-hybridized carbons (Fsp3) is 0.231. The number of rotatable bonds is 4. The molecule has 2 rings (SSSR count). The van der Waals surface area contributed by atoms with Crippen molar-refractivity contribution < 1.29 is 9.18 Å². The van der Waals surface area contributed by atoms with Crippen molar-refractivity contribution in [3.8, 4) is 0 Å². The molecule has 100 valence electrons. The predicted octanol–water partition coefficient (Wildman–Crippen LogP) is 2.06. The smallest absolute Gasteiger partial charge is 0.277 e. The Morgan fingerprint density at radius 1 is 1.42 bits per heavy atom. The Hall–Kier alpha value is -1.79. The number of carbonyl (C=O) groups is 1. The molecule has 0 spiro atoms. The van der Waals surface area contributed by atoms with Gasteiger partial charge in [-0.15, -0.1) is 11.3 Å². The number of nitrogens with two attached hydrogens (primary N) is 1. The van der Waals surface area contributed by atoms with Gasteiger partial charge in [0.05, 0.1) is 5.01 Å². The van der Waals surface area contributed by atoms with Gasteiger partial charge in [-0.3, -0.25) is 4.79 Å². The van der Waals surface area contributed by atoms with Crippen molar-refractivity contribution in [3.63, 3.8) is 0 Å². The van der Waals surface area contributed by atoms with Crippen LogP contribution in [-0.4, -0.2) is 24.5 Å². The largest absolute Gasteiger partial charge is 0.330 e. The van der Waals surface area contributed by atoms with Crippen LogP contribution in [0.4, 0.5) is 10.1 Å². The number of aromatic nitrogens is 1. The first-order chi connectivity index (χ1) is 9.11. The van der Waals surface area contributed by atoms with E-state index in [0.29, 0.717) is 24.3 Å². The van der Waals surface area contributed by atoms with Gasteiger partial charge < -0.3 is 10.6 Å². The predicted molar refractivity (Wildman–Crippen MR) is 74.0 cm³/mol. The van der Waals surface area contributed by atoms with Gasteiger partial charge in [-0.05, 0) is 30.8 Å². The normalized spacial score (nSPS) is 10.5. The first-order valence-electron chi connectivity index (χ1n) is 5.80. The lowest BCUT2D eigenvalue weighted by molar-refractivity contribution is 0.0988. The van der Waals surface area contributed by atoms with E-state index in [-0.39, 0.29) is 11.7 Å². The molecule has 1 heterocycles. The van der Waals surface area contributed by atoms with Crippen molar-refractivity contribution in [1.82, 2.24) is 4.98 Å². The van der Waals surface area contributed by atoms with E-state index in [0.717, 1.165) is 5.01 Å². The molecule has 0 aliphatic carbocycles. The summed E-state index contributed by atoms with van der Waals surface area (Å²) in [6.45, 7) is 0.509. The Morgan fingerprint density at radius 2 is 2.11 bits per heavy atom. The molecule has 0 saturated heterocycles. The van der Waals surface area contributed by atoms with Crippen LogP contribution in [0.25, 0.3) is 0 Å². The SMILES string of the molecule is CN(C(=O)c1csc(CCN)n1)c1ccc(F)cc1. The van der Waals surface area contributed by atoms with Crippen molar-refractivity contribution in [2.45, 2.75) is 6.42 Å². The second-order valence-corrected chi connectivity index (χ2v) is 4.95. The molecular weight excluding hydrogens is 265 g/mol. The number of hydrogen-bond donors (Lipinski definition) is 1. The summed E-state index contributed by atoms with van der Waals surface area (Å²) in [5.74, 6) is -0.547. The second-order valence-electron chi connectivity index (χ2n) is 4.01. The van der Waals surface area contributed by atoms with Gasteiger partial charge >= 0.3 is 0 Å². The Balaban J connectivity index is 2.15. The van der Waals surface area contributed by atoms with E-state index >= 15 is 0 Å². The first kappa shape index (κ1) is 13.6. The number of thiazole rings is 1. The summed E-state index contributed by atoms with van der Waals surface area (Å²) in [5, 5.41) is 2.56. The average Bonchev–Trinajstić information content (AvgIpc) is 2.87. The van der Waals surface area contributed by atoms with Crippen LogP contribution in [0.3, 0.4) is 0 Å². The summed E-state index contributed by atoms with van der Waals surface area (Å²) in [5.41, 5.74) is 6.46. The first-order valence-corrected chi connectivity index (χ1v) is 6.68. The molecule has 0 atom stereocenters. The maximum atomic E-state index is 12.8. The minimum atomic E-state index is -0.330. The standard InChI is InChI=1S/C13H14FN3OS/c1-17(10-4-2-9(14)3-5-10)13(18)11-8-19-12(16-11)6-7-15/h2-5,8H,6-7,15H2,1H3. The Labute approximate surface area is 114 Å². The highest BCUT2D eigenvalue weighted by Gasteiger charge is 2.16. The van der Waals surface area contributed by atoms with Crippen molar-refractivity contribution in [3.05, 3.63) is 46.2 Å². The molecule has 4 nitrogen and oxygen atoms in total. The molecule has 6 heteroatoms. The quantitative estimate of drug-likeness (QED) is 0.932. The van der Waals surface area contributed by atoms with Gasteiger partial charge in [0.1, 0.15) is 11.5 Å². The highest BCUT2D eigenvalue weighted by molar-refractivity contribution is 7.09. The zero-order chi connectivity index (χ0) is 13.8. The van der Waals surface area contributed by atoms with E-state index in [1.165, 1.54) is 28.4 Å². The van der Waals surface area contributed by atoms with Gasteiger partial charge in [0, 0.05) is 24.5 Å². The fourth-order valence-electron chi connectivity index (χ4n) is 1.60. The van der Waals surface area contributed by atoms with Gasteiger partial charge in [0.2, 0.25) is 0 Å². The number of nitrogens with zero attached hydrogens (tertiary/aromatic N) is 2. The molecule has 0 unspecified atom stereocenters. The number of carbonyl (C=O) groups excluding carboxylic acids is 1. The zero-order valence-corrected chi connectivity index (χ0v) is 11.3. The van der Waals surface area contributed by atoms with Gasteiger partial charge in [-0.2, -0.15) is 0 Å². The Bertz CT molecular complexity index is 568. The summed E-state index contributed by atoms with van der Waals surface area (Å²) in [4.78, 5) is 17.9. The van der Waals surface area contributed by atoms with Crippen LogP contribution < -0.4 is 10.6 Å². The minimum absolute atomic E-state index is 0.217. The van der Waals surface area contributed by atoms with Gasteiger partial charge in [-0.25, -0.2) is 9.37 Å². The fourth-order valence-corrected chi connectivity index (χ4v) is 2.39. The number of amides is 1. The third kappa shape index (κ3) is 3.15. The maximum Gasteiger partial charge on any atom is 0.277 e. The van der Waals surface area contributed by atoms with Gasteiger partial charge in [0.25, 0.3) is 5.91 Å².